The molecular formula is C16H16F2N4O4. The fourth-order valence-corrected chi connectivity index (χ4v) is 2.46. The van der Waals surface area contributed by atoms with Gasteiger partial charge in [0.1, 0.15) is 12.4 Å². The Hall–Kier alpha value is -3.01. The Bertz CT molecular complexity index is 826. The molecule has 2 heterocycles. The Labute approximate surface area is 146 Å². The lowest BCUT2D eigenvalue weighted by atomic mass is 10.2. The number of benzene rings is 1. The molecule has 1 aromatic carbocycles. The van der Waals surface area contributed by atoms with Crippen molar-refractivity contribution in [2.75, 3.05) is 19.7 Å². The van der Waals surface area contributed by atoms with E-state index in [2.05, 4.69) is 10.2 Å². The molecule has 138 valence electrons. The Morgan fingerprint density at radius 2 is 2.19 bits per heavy atom. The van der Waals surface area contributed by atoms with Crippen LogP contribution in [-0.4, -0.2) is 52.7 Å². The quantitative estimate of drug-likeness (QED) is 0.805. The molecule has 0 unspecified atom stereocenters. The molecule has 8 nitrogen and oxygen atoms in total. The predicted molar refractivity (Wildman–Crippen MR) is 84.1 cm³/mol. The van der Waals surface area contributed by atoms with E-state index in [-0.39, 0.29) is 31.2 Å². The number of morpholine rings is 1. The summed E-state index contributed by atoms with van der Waals surface area (Å²) in [5.41, 5.74) is 5.74. The number of primary amides is 1. The standard InChI is InChI=1S/C16H16F2N4O4/c17-9-1-2-13(11(18)5-9)26-8-10-6-12(21-20-10)16(24)22-3-4-25-14(7-22)15(19)23/h1-2,5-6,14H,3-4,7-8H2,(H2,19,23)(H,20,21)/t14-/m0/s1. The fourth-order valence-electron chi connectivity index (χ4n) is 2.46. The third kappa shape index (κ3) is 3.97. The largest absolute Gasteiger partial charge is 0.484 e. The highest BCUT2D eigenvalue weighted by molar-refractivity contribution is 5.93. The molecule has 26 heavy (non-hydrogen) atoms. The number of hydrogen-bond donors (Lipinski definition) is 2. The average molecular weight is 366 g/mol. The van der Waals surface area contributed by atoms with Gasteiger partial charge in [0.25, 0.3) is 5.91 Å². The number of nitrogens with one attached hydrogen (secondary N) is 1. The van der Waals surface area contributed by atoms with Gasteiger partial charge in [0.05, 0.1) is 18.8 Å². The van der Waals surface area contributed by atoms with Gasteiger partial charge in [-0.2, -0.15) is 5.10 Å². The number of aromatic nitrogens is 2. The van der Waals surface area contributed by atoms with Crippen molar-refractivity contribution in [2.45, 2.75) is 12.7 Å². The molecule has 3 rings (SSSR count). The van der Waals surface area contributed by atoms with Crippen LogP contribution in [0.1, 0.15) is 16.2 Å². The first-order valence-electron chi connectivity index (χ1n) is 7.76. The Morgan fingerprint density at radius 3 is 2.92 bits per heavy atom. The van der Waals surface area contributed by atoms with Gasteiger partial charge in [-0.05, 0) is 18.2 Å². The molecule has 0 radical (unpaired) electrons. The van der Waals surface area contributed by atoms with Crippen molar-refractivity contribution in [3.63, 3.8) is 0 Å². The molecule has 0 bridgehead atoms. The summed E-state index contributed by atoms with van der Waals surface area (Å²) < 4.78 is 36.8. The molecule has 1 aliphatic rings. The molecule has 1 atom stereocenters. The smallest absolute Gasteiger partial charge is 0.274 e. The van der Waals surface area contributed by atoms with Gasteiger partial charge >= 0.3 is 0 Å². The number of hydrogen-bond acceptors (Lipinski definition) is 5. The lowest BCUT2D eigenvalue weighted by Crippen LogP contribution is -2.50. The van der Waals surface area contributed by atoms with Crippen LogP contribution in [0, 0.1) is 11.6 Å². The Morgan fingerprint density at radius 1 is 1.38 bits per heavy atom. The highest BCUT2D eigenvalue weighted by atomic mass is 19.1. The molecule has 1 saturated heterocycles. The van der Waals surface area contributed by atoms with Crippen molar-refractivity contribution in [1.82, 2.24) is 15.1 Å². The highest BCUT2D eigenvalue weighted by Crippen LogP contribution is 2.19. The van der Waals surface area contributed by atoms with E-state index in [4.69, 9.17) is 15.2 Å². The average Bonchev–Trinajstić information content (AvgIpc) is 3.09. The van der Waals surface area contributed by atoms with Gasteiger partial charge in [-0.3, -0.25) is 14.7 Å². The fraction of sp³-hybridized carbons (Fsp3) is 0.312. The van der Waals surface area contributed by atoms with Gasteiger partial charge in [0, 0.05) is 12.6 Å². The maximum absolute atomic E-state index is 13.5. The highest BCUT2D eigenvalue weighted by Gasteiger charge is 2.29. The number of H-pyrrole nitrogens is 1. The first kappa shape index (κ1) is 17.8. The van der Waals surface area contributed by atoms with Crippen molar-refractivity contribution >= 4 is 11.8 Å². The van der Waals surface area contributed by atoms with Gasteiger partial charge in [-0.1, -0.05) is 0 Å². The predicted octanol–water partition coefficient (Wildman–Crippen LogP) is 0.593. The molecule has 10 heteroatoms. The third-order valence-corrected chi connectivity index (χ3v) is 3.80. The maximum atomic E-state index is 13.5. The van der Waals surface area contributed by atoms with Crippen LogP contribution in [0.15, 0.2) is 24.3 Å². The molecule has 2 amide bonds. The lowest BCUT2D eigenvalue weighted by molar-refractivity contribution is -0.133. The summed E-state index contributed by atoms with van der Waals surface area (Å²) >= 11 is 0. The molecule has 1 fully saturated rings. The molecule has 0 aliphatic carbocycles. The van der Waals surface area contributed by atoms with E-state index in [1.54, 1.807) is 0 Å². The normalized spacial score (nSPS) is 17.2. The Balaban J connectivity index is 1.62. The summed E-state index contributed by atoms with van der Waals surface area (Å²) in [6.07, 6.45) is -0.851. The number of nitrogens with two attached hydrogens (primary N) is 1. The molecule has 1 aliphatic heterocycles. The number of rotatable bonds is 5. The van der Waals surface area contributed by atoms with E-state index in [1.807, 2.05) is 0 Å². The van der Waals surface area contributed by atoms with Crippen LogP contribution in [-0.2, 0) is 16.1 Å². The molecule has 1 aromatic heterocycles. The van der Waals surface area contributed by atoms with Crippen LogP contribution in [0.2, 0.25) is 0 Å². The summed E-state index contributed by atoms with van der Waals surface area (Å²) in [7, 11) is 0. The molecule has 3 N–H and O–H groups in total. The van der Waals surface area contributed by atoms with Crippen molar-refractivity contribution in [3.05, 3.63) is 47.3 Å². The maximum Gasteiger partial charge on any atom is 0.274 e. The van der Waals surface area contributed by atoms with Crippen molar-refractivity contribution in [3.8, 4) is 5.75 Å². The minimum absolute atomic E-state index is 0.0493. The number of ether oxygens (including phenoxy) is 2. The van der Waals surface area contributed by atoms with E-state index < -0.39 is 29.6 Å². The second-order valence-electron chi connectivity index (χ2n) is 5.65. The van der Waals surface area contributed by atoms with Crippen LogP contribution in [0.4, 0.5) is 8.78 Å². The van der Waals surface area contributed by atoms with Crippen LogP contribution >= 0.6 is 0 Å². The summed E-state index contributed by atoms with van der Waals surface area (Å²) in [6.45, 7) is 0.467. The summed E-state index contributed by atoms with van der Waals surface area (Å²) in [6, 6.07) is 4.42. The molecule has 0 saturated carbocycles. The van der Waals surface area contributed by atoms with Gasteiger partial charge in [-0.25, -0.2) is 8.78 Å². The minimum Gasteiger partial charge on any atom is -0.484 e. The number of nitrogens with zero attached hydrogens (tertiary/aromatic N) is 2. The molecule has 0 spiro atoms. The van der Waals surface area contributed by atoms with E-state index in [1.165, 1.54) is 17.0 Å². The van der Waals surface area contributed by atoms with Gasteiger partial charge in [0.2, 0.25) is 5.91 Å². The van der Waals surface area contributed by atoms with E-state index in [9.17, 15) is 18.4 Å². The van der Waals surface area contributed by atoms with Crippen LogP contribution < -0.4 is 10.5 Å². The van der Waals surface area contributed by atoms with Gasteiger partial charge in [0.15, 0.2) is 23.4 Å². The first-order chi connectivity index (χ1) is 12.4. The van der Waals surface area contributed by atoms with E-state index in [0.717, 1.165) is 6.07 Å². The van der Waals surface area contributed by atoms with Crippen LogP contribution in [0.3, 0.4) is 0 Å². The minimum atomic E-state index is -0.851. The summed E-state index contributed by atoms with van der Waals surface area (Å²) in [4.78, 5) is 25.1. The molecular weight excluding hydrogens is 350 g/mol. The SMILES string of the molecule is NC(=O)[C@@H]1CN(C(=O)c2cc(COc3ccc(F)cc3F)[nH]n2)CCO1. The number of aromatic amines is 1. The second-order valence-corrected chi connectivity index (χ2v) is 5.65. The zero-order chi connectivity index (χ0) is 18.7. The van der Waals surface area contributed by atoms with Crippen molar-refractivity contribution < 1.29 is 27.8 Å². The topological polar surface area (TPSA) is 111 Å². The number of carbonyl (C=O) groups excluding carboxylic acids is 2. The zero-order valence-electron chi connectivity index (χ0n) is 13.6. The lowest BCUT2D eigenvalue weighted by Gasteiger charge is -2.30. The van der Waals surface area contributed by atoms with E-state index >= 15 is 0 Å². The van der Waals surface area contributed by atoms with E-state index in [0.29, 0.717) is 18.3 Å². The van der Waals surface area contributed by atoms with Gasteiger partial charge < -0.3 is 20.1 Å². The monoisotopic (exact) mass is 366 g/mol. The van der Waals surface area contributed by atoms with Crippen LogP contribution in [0.5, 0.6) is 5.75 Å². The van der Waals surface area contributed by atoms with Crippen LogP contribution in [0.25, 0.3) is 0 Å². The first-order valence-corrected chi connectivity index (χ1v) is 7.76. The zero-order valence-corrected chi connectivity index (χ0v) is 13.6. The summed E-state index contributed by atoms with van der Waals surface area (Å²) in [5, 5.41) is 6.52. The molecule has 2 aromatic rings. The number of amides is 2. The second kappa shape index (κ2) is 7.48. The van der Waals surface area contributed by atoms with Crippen molar-refractivity contribution in [1.29, 1.82) is 0 Å². The third-order valence-electron chi connectivity index (χ3n) is 3.80. The Kier molecular flexibility index (Phi) is 5.12. The van der Waals surface area contributed by atoms with Crippen molar-refractivity contribution in [2.24, 2.45) is 5.73 Å². The summed E-state index contributed by atoms with van der Waals surface area (Å²) in [5.74, 6) is -2.68. The number of halogens is 2. The van der Waals surface area contributed by atoms with Gasteiger partial charge in [-0.15, -0.1) is 0 Å². The number of carbonyl (C=O) groups is 2.